The normalized spacial score (nSPS) is 12.8. The summed E-state index contributed by atoms with van der Waals surface area (Å²) in [5.74, 6) is 1.45. The van der Waals surface area contributed by atoms with Crippen molar-refractivity contribution < 1.29 is 9.84 Å². The molecule has 1 rings (SSSR count). The molecule has 96 valence electrons. The highest BCUT2D eigenvalue weighted by Gasteiger charge is 2.09. The van der Waals surface area contributed by atoms with E-state index in [2.05, 4.69) is 19.2 Å². The second kappa shape index (κ2) is 7.30. The Morgan fingerprint density at radius 2 is 1.94 bits per heavy atom. The molecular weight excluding hydrogens is 214 g/mol. The predicted molar refractivity (Wildman–Crippen MR) is 70.4 cm³/mol. The van der Waals surface area contributed by atoms with Crippen LogP contribution in [0.1, 0.15) is 19.4 Å². The molecule has 0 aliphatic heterocycles. The molecule has 0 saturated carbocycles. The zero-order chi connectivity index (χ0) is 12.7. The van der Waals surface area contributed by atoms with Crippen molar-refractivity contribution in [2.45, 2.75) is 26.4 Å². The first-order valence-corrected chi connectivity index (χ1v) is 6.14. The molecule has 0 amide bonds. The van der Waals surface area contributed by atoms with Gasteiger partial charge in [-0.3, -0.25) is 0 Å². The Labute approximate surface area is 104 Å². The van der Waals surface area contributed by atoms with Crippen LogP contribution in [0.15, 0.2) is 24.3 Å². The number of methoxy groups -OCH3 is 1. The molecular formula is C14H23NO2. The maximum atomic E-state index is 9.92. The lowest BCUT2D eigenvalue weighted by atomic mass is 10.1. The van der Waals surface area contributed by atoms with Crippen LogP contribution in [-0.4, -0.2) is 31.4 Å². The van der Waals surface area contributed by atoms with E-state index >= 15 is 0 Å². The minimum absolute atomic E-state index is 0.370. The monoisotopic (exact) mass is 237 g/mol. The summed E-state index contributed by atoms with van der Waals surface area (Å²) in [6, 6.07) is 7.81. The quantitative estimate of drug-likeness (QED) is 0.760. The van der Waals surface area contributed by atoms with Crippen molar-refractivity contribution in [3.63, 3.8) is 0 Å². The summed E-state index contributed by atoms with van der Waals surface area (Å²) in [5.41, 5.74) is 1.05. The summed E-state index contributed by atoms with van der Waals surface area (Å²) >= 11 is 0. The SMILES string of the molecule is COc1ccccc1C[C@H](O)CNCC(C)C. The van der Waals surface area contributed by atoms with Gasteiger partial charge in [-0.15, -0.1) is 0 Å². The lowest BCUT2D eigenvalue weighted by molar-refractivity contribution is 0.169. The number of benzene rings is 1. The third-order valence-electron chi connectivity index (χ3n) is 2.58. The van der Waals surface area contributed by atoms with Gasteiger partial charge in [0.05, 0.1) is 13.2 Å². The molecule has 0 bridgehead atoms. The average Bonchev–Trinajstić information content (AvgIpc) is 2.29. The molecule has 0 radical (unpaired) electrons. The van der Waals surface area contributed by atoms with Crippen LogP contribution in [0.4, 0.5) is 0 Å². The molecule has 3 heteroatoms. The molecule has 0 aromatic heterocycles. The molecule has 0 spiro atoms. The van der Waals surface area contributed by atoms with Gasteiger partial charge in [-0.05, 0) is 24.1 Å². The molecule has 0 heterocycles. The first-order valence-electron chi connectivity index (χ1n) is 6.14. The van der Waals surface area contributed by atoms with Crippen molar-refractivity contribution in [2.75, 3.05) is 20.2 Å². The molecule has 2 N–H and O–H groups in total. The van der Waals surface area contributed by atoms with E-state index in [0.29, 0.717) is 18.9 Å². The van der Waals surface area contributed by atoms with Crippen molar-refractivity contribution in [1.29, 1.82) is 0 Å². The first-order chi connectivity index (χ1) is 8.13. The highest BCUT2D eigenvalue weighted by molar-refractivity contribution is 5.33. The maximum Gasteiger partial charge on any atom is 0.122 e. The number of rotatable bonds is 7. The molecule has 17 heavy (non-hydrogen) atoms. The van der Waals surface area contributed by atoms with E-state index in [9.17, 15) is 5.11 Å². The third kappa shape index (κ3) is 5.20. The summed E-state index contributed by atoms with van der Waals surface area (Å²) in [6.07, 6.45) is 0.250. The number of aliphatic hydroxyl groups excluding tert-OH is 1. The fourth-order valence-corrected chi connectivity index (χ4v) is 1.74. The number of aliphatic hydroxyl groups is 1. The number of hydrogen-bond acceptors (Lipinski definition) is 3. The van der Waals surface area contributed by atoms with Crippen molar-refractivity contribution in [3.05, 3.63) is 29.8 Å². The molecule has 1 aromatic carbocycles. The lowest BCUT2D eigenvalue weighted by Gasteiger charge is -2.15. The minimum Gasteiger partial charge on any atom is -0.496 e. The Morgan fingerprint density at radius 1 is 1.24 bits per heavy atom. The molecule has 1 aromatic rings. The van der Waals surface area contributed by atoms with Gasteiger partial charge in [-0.25, -0.2) is 0 Å². The Bertz CT molecular complexity index is 326. The number of nitrogens with one attached hydrogen (secondary N) is 1. The van der Waals surface area contributed by atoms with Crippen LogP contribution in [0, 0.1) is 5.92 Å². The van der Waals surface area contributed by atoms with E-state index in [1.165, 1.54) is 0 Å². The molecule has 1 atom stereocenters. The van der Waals surface area contributed by atoms with Crippen molar-refractivity contribution in [1.82, 2.24) is 5.32 Å². The second-order valence-electron chi connectivity index (χ2n) is 4.72. The molecule has 3 nitrogen and oxygen atoms in total. The van der Waals surface area contributed by atoms with Gasteiger partial charge in [0.25, 0.3) is 0 Å². The van der Waals surface area contributed by atoms with E-state index in [4.69, 9.17) is 4.74 Å². The van der Waals surface area contributed by atoms with E-state index in [1.54, 1.807) is 7.11 Å². The van der Waals surface area contributed by atoms with Crippen LogP contribution in [0.2, 0.25) is 0 Å². The topological polar surface area (TPSA) is 41.5 Å². The Hall–Kier alpha value is -1.06. The van der Waals surface area contributed by atoms with Gasteiger partial charge in [-0.2, -0.15) is 0 Å². The van der Waals surface area contributed by atoms with Gasteiger partial charge in [0.1, 0.15) is 5.75 Å². The largest absolute Gasteiger partial charge is 0.496 e. The number of para-hydroxylation sites is 1. The zero-order valence-corrected chi connectivity index (χ0v) is 10.9. The highest BCUT2D eigenvalue weighted by Crippen LogP contribution is 2.18. The average molecular weight is 237 g/mol. The van der Waals surface area contributed by atoms with Crippen molar-refractivity contribution in [2.24, 2.45) is 5.92 Å². The zero-order valence-electron chi connectivity index (χ0n) is 10.9. The van der Waals surface area contributed by atoms with Gasteiger partial charge in [0.2, 0.25) is 0 Å². The Kier molecular flexibility index (Phi) is 6.01. The number of hydrogen-bond donors (Lipinski definition) is 2. The Morgan fingerprint density at radius 3 is 2.59 bits per heavy atom. The summed E-state index contributed by atoms with van der Waals surface area (Å²) < 4.78 is 5.26. The third-order valence-corrected chi connectivity index (χ3v) is 2.58. The van der Waals surface area contributed by atoms with E-state index in [1.807, 2.05) is 24.3 Å². The number of ether oxygens (including phenoxy) is 1. The fourth-order valence-electron chi connectivity index (χ4n) is 1.74. The smallest absolute Gasteiger partial charge is 0.122 e. The van der Waals surface area contributed by atoms with E-state index < -0.39 is 0 Å². The van der Waals surface area contributed by atoms with Crippen LogP contribution in [0.5, 0.6) is 5.75 Å². The molecule has 0 aliphatic rings. The fraction of sp³-hybridized carbons (Fsp3) is 0.571. The molecule has 0 saturated heterocycles. The van der Waals surface area contributed by atoms with E-state index in [-0.39, 0.29) is 6.10 Å². The minimum atomic E-state index is -0.370. The van der Waals surface area contributed by atoms with Gasteiger partial charge in [-0.1, -0.05) is 32.0 Å². The Balaban J connectivity index is 2.41. The van der Waals surface area contributed by atoms with Gasteiger partial charge < -0.3 is 15.2 Å². The highest BCUT2D eigenvalue weighted by atomic mass is 16.5. The first kappa shape index (κ1) is 14.0. The summed E-state index contributed by atoms with van der Waals surface area (Å²) in [7, 11) is 1.65. The van der Waals surface area contributed by atoms with Crippen LogP contribution in [0.3, 0.4) is 0 Å². The standard InChI is InChI=1S/C14H23NO2/c1-11(2)9-15-10-13(16)8-12-6-4-5-7-14(12)17-3/h4-7,11,13,15-16H,8-10H2,1-3H3/t13-/m0/s1. The van der Waals surface area contributed by atoms with E-state index in [0.717, 1.165) is 17.9 Å². The van der Waals surface area contributed by atoms with Crippen LogP contribution in [-0.2, 0) is 6.42 Å². The van der Waals surface area contributed by atoms with Crippen LogP contribution in [0.25, 0.3) is 0 Å². The van der Waals surface area contributed by atoms with Gasteiger partial charge >= 0.3 is 0 Å². The van der Waals surface area contributed by atoms with Crippen LogP contribution < -0.4 is 10.1 Å². The maximum absolute atomic E-state index is 9.92. The lowest BCUT2D eigenvalue weighted by Crippen LogP contribution is -2.30. The van der Waals surface area contributed by atoms with Crippen LogP contribution >= 0.6 is 0 Å². The predicted octanol–water partition coefficient (Wildman–Crippen LogP) is 1.84. The van der Waals surface area contributed by atoms with Gasteiger partial charge in [0, 0.05) is 13.0 Å². The van der Waals surface area contributed by atoms with Crippen molar-refractivity contribution in [3.8, 4) is 5.75 Å². The molecule has 0 unspecified atom stereocenters. The molecule has 0 fully saturated rings. The van der Waals surface area contributed by atoms with Gasteiger partial charge in [0.15, 0.2) is 0 Å². The van der Waals surface area contributed by atoms with Crippen molar-refractivity contribution >= 4 is 0 Å². The second-order valence-corrected chi connectivity index (χ2v) is 4.72. The summed E-state index contributed by atoms with van der Waals surface area (Å²) in [5, 5.41) is 13.2. The summed E-state index contributed by atoms with van der Waals surface area (Å²) in [4.78, 5) is 0. The summed E-state index contributed by atoms with van der Waals surface area (Å²) in [6.45, 7) is 5.86. The molecule has 0 aliphatic carbocycles.